The summed E-state index contributed by atoms with van der Waals surface area (Å²) in [6.45, 7) is 3.10. The van der Waals surface area contributed by atoms with Gasteiger partial charge in [0.2, 0.25) is 5.91 Å². The van der Waals surface area contributed by atoms with Crippen molar-refractivity contribution in [3.8, 4) is 0 Å². The summed E-state index contributed by atoms with van der Waals surface area (Å²) in [6.07, 6.45) is 2.70. The first-order chi connectivity index (χ1) is 12.2. The molecule has 25 heavy (non-hydrogen) atoms. The van der Waals surface area contributed by atoms with E-state index in [1.807, 2.05) is 48.3 Å². The van der Waals surface area contributed by atoms with E-state index in [1.54, 1.807) is 6.20 Å². The first-order valence-corrected chi connectivity index (χ1v) is 8.56. The molecule has 0 bridgehead atoms. The Morgan fingerprint density at radius 3 is 2.64 bits per heavy atom. The van der Waals surface area contributed by atoms with Gasteiger partial charge in [0.15, 0.2) is 0 Å². The zero-order valence-corrected chi connectivity index (χ0v) is 14.7. The van der Waals surface area contributed by atoms with Gasteiger partial charge in [-0.1, -0.05) is 49.4 Å². The Labute approximate surface area is 148 Å². The Kier molecular flexibility index (Phi) is 5.41. The van der Waals surface area contributed by atoms with Crippen LogP contribution >= 0.6 is 0 Å². The lowest BCUT2D eigenvalue weighted by atomic mass is 10.1. The number of amides is 1. The SMILES string of the molecule is CCc1ccccc1NC(=O)CN(C)Cc1cccc2cccnc12. The van der Waals surface area contributed by atoms with Crippen molar-refractivity contribution in [1.29, 1.82) is 0 Å². The average molecular weight is 333 g/mol. The Morgan fingerprint density at radius 2 is 1.80 bits per heavy atom. The van der Waals surface area contributed by atoms with Gasteiger partial charge in [0.05, 0.1) is 12.1 Å². The summed E-state index contributed by atoms with van der Waals surface area (Å²) in [5.41, 5.74) is 4.17. The van der Waals surface area contributed by atoms with Crippen molar-refractivity contribution in [3.05, 3.63) is 71.9 Å². The van der Waals surface area contributed by atoms with Gasteiger partial charge in [0.1, 0.15) is 0 Å². The van der Waals surface area contributed by atoms with Crippen molar-refractivity contribution in [2.75, 3.05) is 18.9 Å². The third kappa shape index (κ3) is 4.22. The van der Waals surface area contributed by atoms with Crippen LogP contribution in [0.4, 0.5) is 5.69 Å². The number of nitrogens with zero attached hydrogens (tertiary/aromatic N) is 2. The zero-order chi connectivity index (χ0) is 17.6. The molecule has 1 aromatic heterocycles. The van der Waals surface area contributed by atoms with E-state index in [2.05, 4.69) is 35.4 Å². The van der Waals surface area contributed by atoms with Crippen LogP contribution in [0.1, 0.15) is 18.1 Å². The van der Waals surface area contributed by atoms with Crippen LogP contribution in [0.3, 0.4) is 0 Å². The molecule has 4 heteroatoms. The van der Waals surface area contributed by atoms with E-state index in [-0.39, 0.29) is 5.91 Å². The number of hydrogen-bond acceptors (Lipinski definition) is 3. The second-order valence-corrected chi connectivity index (χ2v) is 6.22. The van der Waals surface area contributed by atoms with Crippen molar-refractivity contribution in [3.63, 3.8) is 0 Å². The van der Waals surface area contributed by atoms with E-state index < -0.39 is 0 Å². The fourth-order valence-electron chi connectivity index (χ4n) is 3.03. The highest BCUT2D eigenvalue weighted by Gasteiger charge is 2.11. The molecular formula is C21H23N3O. The Morgan fingerprint density at radius 1 is 1.04 bits per heavy atom. The van der Waals surface area contributed by atoms with E-state index in [0.29, 0.717) is 13.1 Å². The maximum absolute atomic E-state index is 12.4. The van der Waals surface area contributed by atoms with Crippen molar-refractivity contribution in [2.45, 2.75) is 19.9 Å². The van der Waals surface area contributed by atoms with E-state index in [4.69, 9.17) is 0 Å². The average Bonchev–Trinajstić information content (AvgIpc) is 2.62. The van der Waals surface area contributed by atoms with Crippen LogP contribution in [0.25, 0.3) is 10.9 Å². The zero-order valence-electron chi connectivity index (χ0n) is 14.7. The van der Waals surface area contributed by atoms with Gasteiger partial charge in [-0.15, -0.1) is 0 Å². The van der Waals surface area contributed by atoms with Gasteiger partial charge in [0, 0.05) is 23.8 Å². The van der Waals surface area contributed by atoms with E-state index in [9.17, 15) is 4.79 Å². The second-order valence-electron chi connectivity index (χ2n) is 6.22. The summed E-state index contributed by atoms with van der Waals surface area (Å²) < 4.78 is 0. The van der Waals surface area contributed by atoms with Crippen LogP contribution in [-0.4, -0.2) is 29.4 Å². The number of para-hydroxylation sites is 2. The van der Waals surface area contributed by atoms with Gasteiger partial charge in [0.25, 0.3) is 0 Å². The third-order valence-corrected chi connectivity index (χ3v) is 4.24. The lowest BCUT2D eigenvalue weighted by Crippen LogP contribution is -2.30. The lowest BCUT2D eigenvalue weighted by molar-refractivity contribution is -0.117. The van der Waals surface area contributed by atoms with Gasteiger partial charge in [-0.25, -0.2) is 0 Å². The molecule has 0 unspecified atom stereocenters. The molecule has 0 saturated heterocycles. The minimum Gasteiger partial charge on any atom is -0.325 e. The topological polar surface area (TPSA) is 45.2 Å². The minimum atomic E-state index is -0.00315. The standard InChI is InChI=1S/C21H23N3O/c1-3-16-8-4-5-12-19(16)23-20(25)15-24(2)14-18-10-6-9-17-11-7-13-22-21(17)18/h4-13H,3,14-15H2,1-2H3,(H,23,25). The minimum absolute atomic E-state index is 0.00315. The predicted octanol–water partition coefficient (Wildman–Crippen LogP) is 3.87. The fourth-order valence-corrected chi connectivity index (χ4v) is 3.03. The van der Waals surface area contributed by atoms with Gasteiger partial charge in [-0.05, 0) is 36.7 Å². The summed E-state index contributed by atoms with van der Waals surface area (Å²) >= 11 is 0. The number of benzene rings is 2. The van der Waals surface area contributed by atoms with Gasteiger partial charge < -0.3 is 5.32 Å². The van der Waals surface area contributed by atoms with Crippen LogP contribution in [0.5, 0.6) is 0 Å². The molecule has 0 aliphatic carbocycles. The number of carbonyl (C=O) groups excluding carboxylic acids is 1. The summed E-state index contributed by atoms with van der Waals surface area (Å²) in [5.74, 6) is -0.00315. The van der Waals surface area contributed by atoms with E-state index in [1.165, 1.54) is 0 Å². The maximum Gasteiger partial charge on any atom is 0.238 e. The summed E-state index contributed by atoms with van der Waals surface area (Å²) in [4.78, 5) is 18.9. The summed E-state index contributed by atoms with van der Waals surface area (Å²) in [6, 6.07) is 18.1. The van der Waals surface area contributed by atoms with Gasteiger partial charge in [-0.3, -0.25) is 14.7 Å². The highest BCUT2D eigenvalue weighted by Crippen LogP contribution is 2.18. The molecule has 3 rings (SSSR count). The number of rotatable bonds is 6. The molecule has 0 aliphatic heterocycles. The first kappa shape index (κ1) is 17.1. The Hall–Kier alpha value is -2.72. The normalized spacial score (nSPS) is 11.0. The highest BCUT2D eigenvalue weighted by atomic mass is 16.2. The second kappa shape index (κ2) is 7.90. The number of anilines is 1. The van der Waals surface area contributed by atoms with Gasteiger partial charge >= 0.3 is 0 Å². The molecule has 128 valence electrons. The third-order valence-electron chi connectivity index (χ3n) is 4.24. The molecule has 0 saturated carbocycles. The smallest absolute Gasteiger partial charge is 0.238 e. The number of pyridine rings is 1. The summed E-state index contributed by atoms with van der Waals surface area (Å²) in [5, 5.41) is 4.14. The summed E-state index contributed by atoms with van der Waals surface area (Å²) in [7, 11) is 1.95. The Bertz CT molecular complexity index is 870. The molecular weight excluding hydrogens is 310 g/mol. The first-order valence-electron chi connectivity index (χ1n) is 8.56. The molecule has 1 N–H and O–H groups in total. The number of carbonyl (C=O) groups is 1. The number of aryl methyl sites for hydroxylation is 1. The molecule has 0 aliphatic rings. The number of fused-ring (bicyclic) bond motifs is 1. The van der Waals surface area contributed by atoms with Crippen molar-refractivity contribution in [1.82, 2.24) is 9.88 Å². The number of aromatic nitrogens is 1. The van der Waals surface area contributed by atoms with E-state index in [0.717, 1.165) is 34.1 Å². The molecule has 0 fully saturated rings. The molecule has 0 radical (unpaired) electrons. The molecule has 3 aromatic rings. The molecule has 0 atom stereocenters. The number of nitrogens with one attached hydrogen (secondary N) is 1. The Balaban J connectivity index is 1.65. The molecule has 2 aromatic carbocycles. The number of likely N-dealkylation sites (N-methyl/N-ethyl adjacent to an activating group) is 1. The van der Waals surface area contributed by atoms with Gasteiger partial charge in [-0.2, -0.15) is 0 Å². The molecule has 1 amide bonds. The van der Waals surface area contributed by atoms with Crippen LogP contribution < -0.4 is 5.32 Å². The molecule has 4 nitrogen and oxygen atoms in total. The van der Waals surface area contributed by atoms with E-state index >= 15 is 0 Å². The van der Waals surface area contributed by atoms with Crippen LogP contribution in [0.2, 0.25) is 0 Å². The monoisotopic (exact) mass is 333 g/mol. The predicted molar refractivity (Wildman–Crippen MR) is 103 cm³/mol. The van der Waals surface area contributed by atoms with Crippen molar-refractivity contribution < 1.29 is 4.79 Å². The van der Waals surface area contributed by atoms with Crippen LogP contribution in [-0.2, 0) is 17.8 Å². The number of hydrogen-bond donors (Lipinski definition) is 1. The fraction of sp³-hybridized carbons (Fsp3) is 0.238. The maximum atomic E-state index is 12.4. The quantitative estimate of drug-likeness (QED) is 0.745. The highest BCUT2D eigenvalue weighted by molar-refractivity contribution is 5.93. The van der Waals surface area contributed by atoms with Crippen LogP contribution in [0, 0.1) is 0 Å². The molecule has 1 heterocycles. The largest absolute Gasteiger partial charge is 0.325 e. The molecule has 0 spiro atoms. The van der Waals surface area contributed by atoms with Crippen molar-refractivity contribution >= 4 is 22.5 Å². The van der Waals surface area contributed by atoms with Crippen LogP contribution in [0.15, 0.2) is 60.8 Å². The van der Waals surface area contributed by atoms with Crippen molar-refractivity contribution in [2.24, 2.45) is 0 Å². The lowest BCUT2D eigenvalue weighted by Gasteiger charge is -2.18.